The van der Waals surface area contributed by atoms with E-state index < -0.39 is 0 Å². The van der Waals surface area contributed by atoms with Crippen LogP contribution in [0.25, 0.3) is 0 Å². The number of para-hydroxylation sites is 1. The zero-order valence-electron chi connectivity index (χ0n) is 15.1. The molecule has 1 N–H and O–H groups in total. The molecule has 0 amide bonds. The molecule has 140 valence electrons. The molecule has 26 heavy (non-hydrogen) atoms. The second kappa shape index (κ2) is 9.50. The third kappa shape index (κ3) is 5.06. The Labute approximate surface area is 165 Å². The summed E-state index contributed by atoms with van der Waals surface area (Å²) in [6.07, 6.45) is 5.13. The van der Waals surface area contributed by atoms with Gasteiger partial charge in [-0.05, 0) is 38.0 Å². The van der Waals surface area contributed by atoms with Gasteiger partial charge < -0.3 is 14.8 Å². The van der Waals surface area contributed by atoms with Crippen LogP contribution < -0.4 is 14.8 Å². The van der Waals surface area contributed by atoms with Crippen molar-refractivity contribution in [2.75, 3.05) is 6.61 Å². The van der Waals surface area contributed by atoms with Crippen LogP contribution in [0.15, 0.2) is 36.4 Å². The van der Waals surface area contributed by atoms with Crippen LogP contribution in [0.5, 0.6) is 11.5 Å². The van der Waals surface area contributed by atoms with E-state index in [9.17, 15) is 0 Å². The van der Waals surface area contributed by atoms with E-state index >= 15 is 0 Å². The summed E-state index contributed by atoms with van der Waals surface area (Å²) in [6, 6.07) is 12.1. The van der Waals surface area contributed by atoms with Gasteiger partial charge in [-0.3, -0.25) is 0 Å². The molecule has 0 saturated heterocycles. The highest BCUT2D eigenvalue weighted by atomic mass is 35.5. The van der Waals surface area contributed by atoms with Gasteiger partial charge in [0.2, 0.25) is 0 Å². The van der Waals surface area contributed by atoms with Gasteiger partial charge in [0.05, 0.1) is 6.61 Å². The zero-order chi connectivity index (χ0) is 18.4. The maximum absolute atomic E-state index is 6.28. The second-order valence-electron chi connectivity index (χ2n) is 6.56. The van der Waals surface area contributed by atoms with E-state index in [1.54, 1.807) is 6.07 Å². The van der Waals surface area contributed by atoms with Gasteiger partial charge in [-0.2, -0.15) is 0 Å². The fourth-order valence-corrected chi connectivity index (χ4v) is 3.77. The molecule has 0 unspecified atom stereocenters. The molecule has 0 atom stereocenters. The number of ether oxygens (including phenoxy) is 2. The van der Waals surface area contributed by atoms with Crippen molar-refractivity contribution in [2.24, 2.45) is 0 Å². The van der Waals surface area contributed by atoms with Gasteiger partial charge in [-0.15, -0.1) is 0 Å². The summed E-state index contributed by atoms with van der Waals surface area (Å²) >= 11 is 12.3. The first-order chi connectivity index (χ1) is 12.7. The topological polar surface area (TPSA) is 30.5 Å². The number of hydrogen-bond acceptors (Lipinski definition) is 3. The Balaban J connectivity index is 1.75. The van der Waals surface area contributed by atoms with Gasteiger partial charge >= 0.3 is 0 Å². The van der Waals surface area contributed by atoms with Gasteiger partial charge in [0.15, 0.2) is 11.5 Å². The largest absolute Gasteiger partial charge is 0.490 e. The number of halogens is 2. The van der Waals surface area contributed by atoms with E-state index in [1.165, 1.54) is 25.7 Å². The quantitative estimate of drug-likeness (QED) is 0.595. The van der Waals surface area contributed by atoms with E-state index in [4.69, 9.17) is 32.7 Å². The number of hydrogen-bond donors (Lipinski definition) is 1. The third-order valence-corrected chi connectivity index (χ3v) is 5.27. The highest BCUT2D eigenvalue weighted by Gasteiger charge is 2.17. The molecule has 1 aliphatic carbocycles. The maximum Gasteiger partial charge on any atom is 0.166 e. The van der Waals surface area contributed by atoms with E-state index in [1.807, 2.05) is 31.2 Å². The van der Waals surface area contributed by atoms with Crippen LogP contribution in [0, 0.1) is 0 Å². The molecule has 5 heteroatoms. The van der Waals surface area contributed by atoms with Crippen molar-refractivity contribution in [2.45, 2.75) is 51.8 Å². The van der Waals surface area contributed by atoms with Crippen LogP contribution in [-0.4, -0.2) is 12.6 Å². The van der Waals surface area contributed by atoms with Crippen molar-refractivity contribution in [3.63, 3.8) is 0 Å². The van der Waals surface area contributed by atoms with Crippen LogP contribution >= 0.6 is 23.2 Å². The minimum Gasteiger partial charge on any atom is -0.490 e. The van der Waals surface area contributed by atoms with E-state index in [-0.39, 0.29) is 0 Å². The molecular weight excluding hydrogens is 369 g/mol. The Hall–Kier alpha value is -1.42. The Morgan fingerprint density at radius 1 is 1.04 bits per heavy atom. The minimum atomic E-state index is 0.372. The molecule has 2 aromatic rings. The highest BCUT2D eigenvalue weighted by molar-refractivity contribution is 6.35. The standard InChI is InChI=1S/C21H25Cl2NO2/c1-2-25-20-9-5-6-15(13-24-18-7-3-4-8-18)21(20)26-14-16-10-11-17(22)12-19(16)23/h5-6,9-12,18,24H,2-4,7-8,13-14H2,1H3. The second-order valence-corrected chi connectivity index (χ2v) is 7.41. The molecule has 1 saturated carbocycles. The average Bonchev–Trinajstić information content (AvgIpc) is 3.14. The Bertz CT molecular complexity index is 730. The number of nitrogens with one attached hydrogen (secondary N) is 1. The predicted octanol–water partition coefficient (Wildman–Crippen LogP) is 6.00. The molecule has 0 aliphatic heterocycles. The summed E-state index contributed by atoms with van der Waals surface area (Å²) in [4.78, 5) is 0. The number of benzene rings is 2. The minimum absolute atomic E-state index is 0.372. The van der Waals surface area contributed by atoms with E-state index in [2.05, 4.69) is 11.4 Å². The summed E-state index contributed by atoms with van der Waals surface area (Å²) in [5.41, 5.74) is 2.00. The third-order valence-electron chi connectivity index (χ3n) is 4.68. The van der Waals surface area contributed by atoms with Crippen LogP contribution in [0.3, 0.4) is 0 Å². The van der Waals surface area contributed by atoms with Gasteiger partial charge in [0.1, 0.15) is 6.61 Å². The summed E-state index contributed by atoms with van der Waals surface area (Å²) in [7, 11) is 0. The maximum atomic E-state index is 6.28. The SMILES string of the molecule is CCOc1cccc(CNC2CCCC2)c1OCc1ccc(Cl)cc1Cl. The van der Waals surface area contributed by atoms with Crippen LogP contribution in [0.1, 0.15) is 43.7 Å². The molecule has 3 nitrogen and oxygen atoms in total. The lowest BCUT2D eigenvalue weighted by Crippen LogP contribution is -2.25. The summed E-state index contributed by atoms with van der Waals surface area (Å²) in [5.74, 6) is 1.55. The molecule has 1 fully saturated rings. The lowest BCUT2D eigenvalue weighted by Gasteiger charge is -2.18. The molecule has 0 aromatic heterocycles. The molecule has 0 heterocycles. The van der Waals surface area contributed by atoms with Crippen molar-refractivity contribution < 1.29 is 9.47 Å². The van der Waals surface area contributed by atoms with Crippen molar-refractivity contribution in [3.8, 4) is 11.5 Å². The summed E-state index contributed by atoms with van der Waals surface area (Å²) in [5, 5.41) is 4.87. The van der Waals surface area contributed by atoms with Crippen molar-refractivity contribution in [1.29, 1.82) is 0 Å². The normalized spacial score (nSPS) is 14.6. The van der Waals surface area contributed by atoms with Gasteiger partial charge in [0.25, 0.3) is 0 Å². The molecule has 3 rings (SSSR count). The van der Waals surface area contributed by atoms with Crippen molar-refractivity contribution in [1.82, 2.24) is 5.32 Å². The Kier molecular flexibility index (Phi) is 7.07. The monoisotopic (exact) mass is 393 g/mol. The molecule has 0 spiro atoms. The summed E-state index contributed by atoms with van der Waals surface area (Å²) < 4.78 is 11.9. The lowest BCUT2D eigenvalue weighted by molar-refractivity contribution is 0.265. The summed E-state index contributed by atoms with van der Waals surface area (Å²) in [6.45, 7) is 3.71. The Morgan fingerprint density at radius 3 is 2.58 bits per heavy atom. The van der Waals surface area contributed by atoms with Crippen molar-refractivity contribution >= 4 is 23.2 Å². The van der Waals surface area contributed by atoms with Crippen LogP contribution in [0.4, 0.5) is 0 Å². The first kappa shape index (κ1) is 19.3. The fourth-order valence-electron chi connectivity index (χ4n) is 3.31. The van der Waals surface area contributed by atoms with Gasteiger partial charge in [-0.1, -0.05) is 54.2 Å². The predicted molar refractivity (Wildman–Crippen MR) is 108 cm³/mol. The van der Waals surface area contributed by atoms with E-state index in [0.717, 1.165) is 29.2 Å². The van der Waals surface area contributed by atoms with Gasteiger partial charge in [-0.25, -0.2) is 0 Å². The van der Waals surface area contributed by atoms with Gasteiger partial charge in [0, 0.05) is 33.8 Å². The highest BCUT2D eigenvalue weighted by Crippen LogP contribution is 2.33. The first-order valence-electron chi connectivity index (χ1n) is 9.22. The molecule has 0 bridgehead atoms. The first-order valence-corrected chi connectivity index (χ1v) is 9.97. The fraction of sp³-hybridized carbons (Fsp3) is 0.429. The molecule has 0 radical (unpaired) electrons. The average molecular weight is 394 g/mol. The molecule has 2 aromatic carbocycles. The lowest BCUT2D eigenvalue weighted by atomic mass is 10.1. The van der Waals surface area contributed by atoms with Crippen molar-refractivity contribution in [3.05, 3.63) is 57.6 Å². The van der Waals surface area contributed by atoms with Crippen LogP contribution in [-0.2, 0) is 13.2 Å². The van der Waals surface area contributed by atoms with E-state index in [0.29, 0.717) is 29.3 Å². The number of rotatable bonds is 8. The zero-order valence-corrected chi connectivity index (χ0v) is 16.6. The molecular formula is C21H25Cl2NO2. The van der Waals surface area contributed by atoms with Crippen LogP contribution in [0.2, 0.25) is 10.0 Å². The Morgan fingerprint density at radius 2 is 1.85 bits per heavy atom. The molecule has 1 aliphatic rings. The smallest absolute Gasteiger partial charge is 0.166 e.